The summed E-state index contributed by atoms with van der Waals surface area (Å²) in [6, 6.07) is 16.0. The molecular weight excluding hydrogens is 360 g/mol. The van der Waals surface area contributed by atoms with E-state index in [9.17, 15) is 14.4 Å². The summed E-state index contributed by atoms with van der Waals surface area (Å²) in [7, 11) is 0. The van der Waals surface area contributed by atoms with E-state index in [4.69, 9.17) is 9.84 Å². The first-order valence-corrected chi connectivity index (χ1v) is 9.05. The second kappa shape index (κ2) is 8.56. The standard InChI is InChI=1S/C21H22N2O5/c1-13(20(25)26)10-22-19(24)11-23-21(27)28-12-18-16-8-4-2-6-14(16)15-7-3-5-9-17(15)18/h2-9,13,18H,10-12H2,1H3,(H,22,24)(H,23,27)(H,25,26). The lowest BCUT2D eigenvalue weighted by Crippen LogP contribution is -2.40. The molecule has 2 amide bonds. The Balaban J connectivity index is 1.51. The molecule has 1 aliphatic carbocycles. The summed E-state index contributed by atoms with van der Waals surface area (Å²) in [6.45, 7) is 1.38. The Morgan fingerprint density at radius 2 is 1.57 bits per heavy atom. The van der Waals surface area contributed by atoms with Crippen molar-refractivity contribution in [3.8, 4) is 11.1 Å². The highest BCUT2D eigenvalue weighted by Crippen LogP contribution is 2.44. The van der Waals surface area contributed by atoms with Gasteiger partial charge in [-0.2, -0.15) is 0 Å². The van der Waals surface area contributed by atoms with E-state index in [1.54, 1.807) is 0 Å². The lowest BCUT2D eigenvalue weighted by atomic mass is 9.98. The highest BCUT2D eigenvalue weighted by Gasteiger charge is 2.29. The molecule has 3 rings (SSSR count). The van der Waals surface area contributed by atoms with Crippen molar-refractivity contribution in [3.63, 3.8) is 0 Å². The van der Waals surface area contributed by atoms with E-state index in [2.05, 4.69) is 22.8 Å². The fraction of sp³-hybridized carbons (Fsp3) is 0.286. The number of fused-ring (bicyclic) bond motifs is 3. The van der Waals surface area contributed by atoms with Crippen LogP contribution in [0.4, 0.5) is 4.79 Å². The van der Waals surface area contributed by atoms with E-state index in [1.165, 1.54) is 6.92 Å². The first-order chi connectivity index (χ1) is 13.5. The number of carboxylic acids is 1. The molecule has 0 fully saturated rings. The van der Waals surface area contributed by atoms with Crippen LogP contribution >= 0.6 is 0 Å². The normalized spacial score (nSPS) is 13.2. The second-order valence-corrected chi connectivity index (χ2v) is 6.72. The van der Waals surface area contributed by atoms with Crippen molar-refractivity contribution in [2.45, 2.75) is 12.8 Å². The molecule has 0 aromatic heterocycles. The molecule has 146 valence electrons. The van der Waals surface area contributed by atoms with Crippen molar-refractivity contribution >= 4 is 18.0 Å². The first-order valence-electron chi connectivity index (χ1n) is 9.05. The molecule has 1 aliphatic rings. The van der Waals surface area contributed by atoms with Gasteiger partial charge in [0.25, 0.3) is 0 Å². The van der Waals surface area contributed by atoms with Crippen LogP contribution in [-0.4, -0.2) is 42.8 Å². The van der Waals surface area contributed by atoms with Gasteiger partial charge in [0.1, 0.15) is 6.61 Å². The van der Waals surface area contributed by atoms with Gasteiger partial charge in [0.05, 0.1) is 12.5 Å². The molecule has 7 heteroatoms. The highest BCUT2D eigenvalue weighted by atomic mass is 16.5. The minimum atomic E-state index is -0.996. The van der Waals surface area contributed by atoms with E-state index < -0.39 is 23.9 Å². The van der Waals surface area contributed by atoms with E-state index in [1.807, 2.05) is 36.4 Å². The molecule has 7 nitrogen and oxygen atoms in total. The Kier molecular flexibility index (Phi) is 5.93. The third-order valence-electron chi connectivity index (χ3n) is 4.76. The minimum Gasteiger partial charge on any atom is -0.481 e. The molecule has 28 heavy (non-hydrogen) atoms. The van der Waals surface area contributed by atoms with E-state index in [0.717, 1.165) is 22.3 Å². The van der Waals surface area contributed by atoms with Crippen LogP contribution in [-0.2, 0) is 14.3 Å². The summed E-state index contributed by atoms with van der Waals surface area (Å²) >= 11 is 0. The van der Waals surface area contributed by atoms with Gasteiger partial charge < -0.3 is 20.5 Å². The van der Waals surface area contributed by atoms with Gasteiger partial charge in [-0.25, -0.2) is 4.79 Å². The number of hydrogen-bond donors (Lipinski definition) is 3. The summed E-state index contributed by atoms with van der Waals surface area (Å²) in [5.41, 5.74) is 4.49. The highest BCUT2D eigenvalue weighted by molar-refractivity contribution is 5.83. The molecule has 0 radical (unpaired) electrons. The molecular formula is C21H22N2O5. The number of carboxylic acid groups (broad SMARTS) is 1. The number of nitrogens with one attached hydrogen (secondary N) is 2. The average molecular weight is 382 g/mol. The van der Waals surface area contributed by atoms with Gasteiger partial charge in [-0.05, 0) is 22.3 Å². The topological polar surface area (TPSA) is 105 Å². The number of carbonyl (C=O) groups is 3. The van der Waals surface area contributed by atoms with Gasteiger partial charge >= 0.3 is 12.1 Å². The fourth-order valence-electron chi connectivity index (χ4n) is 3.22. The molecule has 0 heterocycles. The first kappa shape index (κ1) is 19.4. The number of alkyl carbamates (subject to hydrolysis) is 1. The van der Waals surface area contributed by atoms with Crippen molar-refractivity contribution < 1.29 is 24.2 Å². The second-order valence-electron chi connectivity index (χ2n) is 6.72. The van der Waals surface area contributed by atoms with Crippen LogP contribution in [0.15, 0.2) is 48.5 Å². The molecule has 0 saturated carbocycles. The molecule has 0 aliphatic heterocycles. The van der Waals surface area contributed by atoms with E-state index >= 15 is 0 Å². The summed E-state index contributed by atoms with van der Waals surface area (Å²) in [5.74, 6) is -2.21. The number of aliphatic carboxylic acids is 1. The van der Waals surface area contributed by atoms with Crippen LogP contribution in [0.2, 0.25) is 0 Å². The Morgan fingerprint density at radius 1 is 1.00 bits per heavy atom. The summed E-state index contributed by atoms with van der Waals surface area (Å²) in [4.78, 5) is 34.4. The molecule has 0 spiro atoms. The molecule has 1 unspecified atom stereocenters. The Morgan fingerprint density at radius 3 is 2.14 bits per heavy atom. The molecule has 0 saturated heterocycles. The molecule has 0 bridgehead atoms. The van der Waals surface area contributed by atoms with Crippen LogP contribution in [0.1, 0.15) is 24.0 Å². The van der Waals surface area contributed by atoms with Crippen molar-refractivity contribution in [1.82, 2.24) is 10.6 Å². The van der Waals surface area contributed by atoms with Gasteiger partial charge in [0.15, 0.2) is 0 Å². The van der Waals surface area contributed by atoms with Crippen molar-refractivity contribution in [2.24, 2.45) is 5.92 Å². The number of rotatable bonds is 7. The zero-order chi connectivity index (χ0) is 20.1. The van der Waals surface area contributed by atoms with Gasteiger partial charge in [-0.1, -0.05) is 55.5 Å². The van der Waals surface area contributed by atoms with Gasteiger partial charge in [0, 0.05) is 12.5 Å². The molecule has 2 aromatic rings. The van der Waals surface area contributed by atoms with Gasteiger partial charge in [-0.3, -0.25) is 9.59 Å². The Labute approximate surface area is 162 Å². The van der Waals surface area contributed by atoms with Crippen LogP contribution in [0, 0.1) is 5.92 Å². The van der Waals surface area contributed by atoms with Gasteiger partial charge in [0.2, 0.25) is 5.91 Å². The van der Waals surface area contributed by atoms with Crippen LogP contribution in [0.5, 0.6) is 0 Å². The smallest absolute Gasteiger partial charge is 0.407 e. The largest absolute Gasteiger partial charge is 0.481 e. The number of hydrogen-bond acceptors (Lipinski definition) is 4. The number of ether oxygens (including phenoxy) is 1. The lowest BCUT2D eigenvalue weighted by molar-refractivity contribution is -0.141. The fourth-order valence-corrected chi connectivity index (χ4v) is 3.22. The molecule has 2 aromatic carbocycles. The van der Waals surface area contributed by atoms with Gasteiger partial charge in [-0.15, -0.1) is 0 Å². The van der Waals surface area contributed by atoms with Crippen LogP contribution in [0.3, 0.4) is 0 Å². The van der Waals surface area contributed by atoms with Crippen LogP contribution < -0.4 is 10.6 Å². The average Bonchev–Trinajstić information content (AvgIpc) is 3.02. The summed E-state index contributed by atoms with van der Waals surface area (Å²) < 4.78 is 5.33. The van der Waals surface area contributed by atoms with Crippen molar-refractivity contribution in [2.75, 3.05) is 19.7 Å². The van der Waals surface area contributed by atoms with E-state index in [0.29, 0.717) is 0 Å². The minimum absolute atomic E-state index is 0.000532. The summed E-state index contributed by atoms with van der Waals surface area (Å²) in [5, 5.41) is 13.6. The zero-order valence-corrected chi connectivity index (χ0v) is 15.5. The Hall–Kier alpha value is -3.35. The van der Waals surface area contributed by atoms with Crippen LogP contribution in [0.25, 0.3) is 11.1 Å². The number of benzene rings is 2. The Bertz CT molecular complexity index is 850. The number of amides is 2. The molecule has 3 N–H and O–H groups in total. The third-order valence-corrected chi connectivity index (χ3v) is 4.76. The summed E-state index contributed by atoms with van der Waals surface area (Å²) in [6.07, 6.45) is -0.691. The lowest BCUT2D eigenvalue weighted by Gasteiger charge is -2.14. The third kappa shape index (κ3) is 4.31. The quantitative estimate of drug-likeness (QED) is 0.682. The maximum Gasteiger partial charge on any atom is 0.407 e. The van der Waals surface area contributed by atoms with Crippen molar-refractivity contribution in [1.29, 1.82) is 0 Å². The zero-order valence-electron chi connectivity index (χ0n) is 15.5. The molecule has 1 atom stereocenters. The monoisotopic (exact) mass is 382 g/mol. The predicted octanol–water partition coefficient (Wildman–Crippen LogP) is 2.36. The van der Waals surface area contributed by atoms with Crippen molar-refractivity contribution in [3.05, 3.63) is 59.7 Å². The SMILES string of the molecule is CC(CNC(=O)CNC(=O)OCC1c2ccccc2-c2ccccc21)C(=O)O. The maximum atomic E-state index is 12.0. The maximum absolute atomic E-state index is 12.0. The predicted molar refractivity (Wildman–Crippen MR) is 103 cm³/mol. The number of carbonyl (C=O) groups excluding carboxylic acids is 2. The van der Waals surface area contributed by atoms with E-state index in [-0.39, 0.29) is 25.6 Å².